The van der Waals surface area contributed by atoms with Crippen LogP contribution in [0.25, 0.3) is 0 Å². The summed E-state index contributed by atoms with van der Waals surface area (Å²) in [5, 5.41) is 22.7. The first-order valence-electron chi connectivity index (χ1n) is 8.26. The molecular formula is C20H19N2O-. The highest BCUT2D eigenvalue weighted by Gasteiger charge is 2.41. The van der Waals surface area contributed by atoms with Gasteiger partial charge in [-0.15, -0.1) is 0 Å². The van der Waals surface area contributed by atoms with E-state index in [4.69, 9.17) is 0 Å². The standard InChI is InChI=1S/C20H19N2O/c23-20-14-8-7-13-17(20)18(15-9-3-1-4-10-15)21-22-19(20)16-11-5-2-6-12-16/h1-6,9-12,17H,7-8,13-14H2/q-1/t17-,20+/m0/s1. The van der Waals surface area contributed by atoms with Crippen LogP contribution >= 0.6 is 0 Å². The van der Waals surface area contributed by atoms with E-state index >= 15 is 0 Å². The van der Waals surface area contributed by atoms with Crippen molar-refractivity contribution >= 4 is 11.4 Å². The molecule has 116 valence electrons. The van der Waals surface area contributed by atoms with Gasteiger partial charge in [-0.3, -0.25) is 0 Å². The number of rotatable bonds is 2. The van der Waals surface area contributed by atoms with Gasteiger partial charge in [0.2, 0.25) is 0 Å². The molecule has 1 aliphatic heterocycles. The van der Waals surface area contributed by atoms with E-state index in [-0.39, 0.29) is 5.92 Å². The van der Waals surface area contributed by atoms with Crippen LogP contribution in [0.3, 0.4) is 0 Å². The minimum atomic E-state index is -1.16. The van der Waals surface area contributed by atoms with Gasteiger partial charge in [0.25, 0.3) is 0 Å². The second-order valence-electron chi connectivity index (χ2n) is 6.35. The number of hydrogen-bond acceptors (Lipinski definition) is 3. The van der Waals surface area contributed by atoms with Gasteiger partial charge >= 0.3 is 0 Å². The van der Waals surface area contributed by atoms with Crippen molar-refractivity contribution in [2.75, 3.05) is 0 Å². The van der Waals surface area contributed by atoms with Crippen LogP contribution in [0.2, 0.25) is 0 Å². The normalized spacial score (nSPS) is 26.9. The summed E-state index contributed by atoms with van der Waals surface area (Å²) in [7, 11) is 0. The van der Waals surface area contributed by atoms with E-state index in [1.54, 1.807) is 0 Å². The van der Waals surface area contributed by atoms with Crippen molar-refractivity contribution in [3.63, 3.8) is 0 Å². The third kappa shape index (κ3) is 2.41. The molecule has 2 aromatic rings. The van der Waals surface area contributed by atoms with Crippen LogP contribution in [0.15, 0.2) is 70.9 Å². The van der Waals surface area contributed by atoms with Crippen molar-refractivity contribution < 1.29 is 5.11 Å². The molecule has 0 saturated heterocycles. The van der Waals surface area contributed by atoms with Gasteiger partial charge in [-0.2, -0.15) is 10.2 Å². The summed E-state index contributed by atoms with van der Waals surface area (Å²) in [6.45, 7) is 0. The molecule has 0 bridgehead atoms. The molecule has 2 aromatic carbocycles. The van der Waals surface area contributed by atoms with Crippen molar-refractivity contribution in [2.45, 2.75) is 31.3 Å². The van der Waals surface area contributed by atoms with Crippen molar-refractivity contribution in [3.05, 3.63) is 71.8 Å². The summed E-state index contributed by atoms with van der Waals surface area (Å²) in [6.07, 6.45) is 3.58. The zero-order chi connectivity index (χ0) is 15.7. The summed E-state index contributed by atoms with van der Waals surface area (Å²) in [4.78, 5) is 0. The van der Waals surface area contributed by atoms with Gasteiger partial charge < -0.3 is 5.11 Å². The Morgan fingerprint density at radius 3 is 2.17 bits per heavy atom. The largest absolute Gasteiger partial charge is 0.844 e. The maximum Gasteiger partial charge on any atom is 0.0729 e. The van der Waals surface area contributed by atoms with Gasteiger partial charge in [-0.25, -0.2) is 0 Å². The number of nitrogens with zero attached hydrogens (tertiary/aromatic N) is 2. The Balaban J connectivity index is 1.84. The van der Waals surface area contributed by atoms with Crippen LogP contribution < -0.4 is 5.11 Å². The molecule has 1 saturated carbocycles. The van der Waals surface area contributed by atoms with Crippen molar-refractivity contribution in [1.29, 1.82) is 0 Å². The lowest BCUT2D eigenvalue weighted by atomic mass is 9.67. The first kappa shape index (κ1) is 14.3. The highest BCUT2D eigenvalue weighted by atomic mass is 16.3. The van der Waals surface area contributed by atoms with Gasteiger partial charge in [-0.05, 0) is 23.5 Å². The molecule has 4 rings (SSSR count). The van der Waals surface area contributed by atoms with E-state index in [2.05, 4.69) is 10.2 Å². The smallest absolute Gasteiger partial charge is 0.0729 e. The molecule has 1 fully saturated rings. The maximum absolute atomic E-state index is 13.8. The van der Waals surface area contributed by atoms with E-state index in [9.17, 15) is 5.11 Å². The summed E-state index contributed by atoms with van der Waals surface area (Å²) in [6, 6.07) is 19.8. The van der Waals surface area contributed by atoms with Gasteiger partial charge in [0.05, 0.1) is 11.4 Å². The van der Waals surface area contributed by atoms with E-state index in [1.165, 1.54) is 0 Å². The Bertz CT molecular complexity index is 752. The second kappa shape index (κ2) is 5.74. The zero-order valence-electron chi connectivity index (χ0n) is 13.0. The summed E-state index contributed by atoms with van der Waals surface area (Å²) in [5.41, 5.74) is 2.25. The zero-order valence-corrected chi connectivity index (χ0v) is 13.0. The van der Waals surface area contributed by atoms with E-state index in [0.29, 0.717) is 12.1 Å². The quantitative estimate of drug-likeness (QED) is 0.840. The number of benzene rings is 2. The van der Waals surface area contributed by atoms with Crippen LogP contribution in [0, 0.1) is 5.92 Å². The molecule has 0 amide bonds. The lowest BCUT2D eigenvalue weighted by Crippen LogP contribution is -2.62. The molecule has 1 aliphatic carbocycles. The van der Waals surface area contributed by atoms with Crippen LogP contribution in [-0.2, 0) is 0 Å². The van der Waals surface area contributed by atoms with Gasteiger partial charge in [0, 0.05) is 0 Å². The van der Waals surface area contributed by atoms with Crippen molar-refractivity contribution in [2.24, 2.45) is 16.1 Å². The molecule has 3 nitrogen and oxygen atoms in total. The summed E-state index contributed by atoms with van der Waals surface area (Å²) in [5.74, 6) is -0.0913. The molecule has 0 spiro atoms. The Morgan fingerprint density at radius 1 is 0.826 bits per heavy atom. The fourth-order valence-electron chi connectivity index (χ4n) is 3.81. The van der Waals surface area contributed by atoms with Crippen LogP contribution in [0.4, 0.5) is 0 Å². The van der Waals surface area contributed by atoms with E-state index in [0.717, 1.165) is 36.1 Å². The highest BCUT2D eigenvalue weighted by Crippen LogP contribution is 2.39. The first-order valence-corrected chi connectivity index (χ1v) is 8.26. The second-order valence-corrected chi connectivity index (χ2v) is 6.35. The Hall–Kier alpha value is -2.26. The molecule has 1 heterocycles. The number of hydrogen-bond donors (Lipinski definition) is 0. The highest BCUT2D eigenvalue weighted by molar-refractivity contribution is 6.14. The molecule has 0 radical (unpaired) electrons. The molecule has 23 heavy (non-hydrogen) atoms. The molecular weight excluding hydrogens is 284 g/mol. The van der Waals surface area contributed by atoms with E-state index < -0.39 is 5.60 Å². The van der Waals surface area contributed by atoms with E-state index in [1.807, 2.05) is 60.7 Å². The Kier molecular flexibility index (Phi) is 3.58. The molecule has 2 atom stereocenters. The van der Waals surface area contributed by atoms with Crippen LogP contribution in [-0.4, -0.2) is 17.0 Å². The predicted octanol–water partition coefficient (Wildman–Crippen LogP) is 3.18. The average Bonchev–Trinajstić information content (AvgIpc) is 2.62. The van der Waals surface area contributed by atoms with Gasteiger partial charge in [0.1, 0.15) is 0 Å². The molecule has 0 N–H and O–H groups in total. The third-order valence-electron chi connectivity index (χ3n) is 4.96. The Labute approximate surface area is 136 Å². The fourth-order valence-corrected chi connectivity index (χ4v) is 3.81. The fraction of sp³-hybridized carbons (Fsp3) is 0.300. The molecule has 0 aromatic heterocycles. The monoisotopic (exact) mass is 303 g/mol. The average molecular weight is 303 g/mol. The topological polar surface area (TPSA) is 47.8 Å². The lowest BCUT2D eigenvalue weighted by Gasteiger charge is -2.52. The van der Waals surface area contributed by atoms with Crippen molar-refractivity contribution in [1.82, 2.24) is 0 Å². The van der Waals surface area contributed by atoms with Crippen LogP contribution in [0.1, 0.15) is 36.8 Å². The summed E-state index contributed by atoms with van der Waals surface area (Å²) < 4.78 is 0. The van der Waals surface area contributed by atoms with Gasteiger partial charge in [-0.1, -0.05) is 85.5 Å². The lowest BCUT2D eigenvalue weighted by molar-refractivity contribution is -0.463. The first-order chi connectivity index (χ1) is 11.3. The van der Waals surface area contributed by atoms with Gasteiger partial charge in [0.15, 0.2) is 0 Å². The maximum atomic E-state index is 13.8. The molecule has 0 unspecified atom stereocenters. The molecule has 3 heteroatoms. The minimum absolute atomic E-state index is 0.0913. The Morgan fingerprint density at radius 2 is 1.48 bits per heavy atom. The predicted molar refractivity (Wildman–Crippen MR) is 90.6 cm³/mol. The third-order valence-corrected chi connectivity index (χ3v) is 4.96. The van der Waals surface area contributed by atoms with Crippen molar-refractivity contribution in [3.8, 4) is 0 Å². The van der Waals surface area contributed by atoms with Crippen LogP contribution in [0.5, 0.6) is 0 Å². The molecule has 2 aliphatic rings. The summed E-state index contributed by atoms with van der Waals surface area (Å²) >= 11 is 0. The number of fused-ring (bicyclic) bond motifs is 1. The minimum Gasteiger partial charge on any atom is -0.844 e. The SMILES string of the molecule is [O-][C@]12CCCC[C@H]1C(c1ccccc1)=NN=C2c1ccccc1.